The molecule has 0 aliphatic carbocycles. The van der Waals surface area contributed by atoms with Crippen LogP contribution >= 0.6 is 0 Å². The van der Waals surface area contributed by atoms with Crippen LogP contribution < -0.4 is 0 Å². The Balaban J connectivity index is 1.70. The zero-order valence-electron chi connectivity index (χ0n) is 19.3. The van der Waals surface area contributed by atoms with Crippen molar-refractivity contribution in [2.24, 2.45) is 10.9 Å². The van der Waals surface area contributed by atoms with Crippen molar-refractivity contribution in [3.63, 3.8) is 0 Å². The van der Waals surface area contributed by atoms with E-state index < -0.39 is 6.04 Å². The topological polar surface area (TPSA) is 47.9 Å². The molecule has 0 radical (unpaired) electrons. The van der Waals surface area contributed by atoms with Gasteiger partial charge < -0.3 is 9.47 Å². The number of esters is 1. The van der Waals surface area contributed by atoms with Gasteiger partial charge >= 0.3 is 5.97 Å². The molecule has 33 heavy (non-hydrogen) atoms. The lowest BCUT2D eigenvalue weighted by atomic mass is 9.86. The molecule has 4 rings (SSSR count). The largest absolute Gasteiger partial charge is 0.459 e. The monoisotopic (exact) mass is 441 g/mol. The van der Waals surface area contributed by atoms with E-state index in [0.717, 1.165) is 35.2 Å². The summed E-state index contributed by atoms with van der Waals surface area (Å²) in [4.78, 5) is 18.6. The Bertz CT molecular complexity index is 998. The molecule has 3 atom stereocenters. The third kappa shape index (κ3) is 6.17. The molecule has 0 aromatic heterocycles. The van der Waals surface area contributed by atoms with Gasteiger partial charge in [-0.1, -0.05) is 91.0 Å². The molecule has 0 saturated carbocycles. The molecule has 0 unspecified atom stereocenters. The molecule has 170 valence electrons. The van der Waals surface area contributed by atoms with E-state index >= 15 is 0 Å². The molecule has 0 N–H and O–H groups in total. The van der Waals surface area contributed by atoms with Crippen molar-refractivity contribution in [1.82, 2.24) is 0 Å². The maximum absolute atomic E-state index is 13.5. The number of carbonyl (C=O) groups is 1. The van der Waals surface area contributed by atoms with E-state index in [-0.39, 0.29) is 30.7 Å². The van der Waals surface area contributed by atoms with E-state index in [1.807, 2.05) is 91.0 Å². The highest BCUT2D eigenvalue weighted by atomic mass is 16.5. The van der Waals surface area contributed by atoms with Gasteiger partial charge in [0.1, 0.15) is 6.61 Å². The lowest BCUT2D eigenvalue weighted by molar-refractivity contribution is -0.150. The fourth-order valence-electron chi connectivity index (χ4n) is 4.53. The Kier molecular flexibility index (Phi) is 7.69. The van der Waals surface area contributed by atoms with Gasteiger partial charge in [-0.3, -0.25) is 4.99 Å². The van der Waals surface area contributed by atoms with Crippen LogP contribution in [0.4, 0.5) is 0 Å². The van der Waals surface area contributed by atoms with Gasteiger partial charge in [-0.15, -0.1) is 0 Å². The zero-order chi connectivity index (χ0) is 23.0. The molecule has 0 bridgehead atoms. The van der Waals surface area contributed by atoms with Crippen molar-refractivity contribution in [3.05, 3.63) is 108 Å². The van der Waals surface area contributed by atoms with Gasteiger partial charge in [0.25, 0.3) is 0 Å². The summed E-state index contributed by atoms with van der Waals surface area (Å²) in [7, 11) is 0. The Morgan fingerprint density at radius 1 is 0.848 bits per heavy atom. The number of aliphatic imine (C=N–C) groups is 1. The van der Waals surface area contributed by atoms with Crippen LogP contribution in [0.25, 0.3) is 0 Å². The average Bonchev–Trinajstić information content (AvgIpc) is 2.84. The predicted octanol–water partition coefficient (Wildman–Crippen LogP) is 5.84. The van der Waals surface area contributed by atoms with Gasteiger partial charge in [-0.2, -0.15) is 0 Å². The van der Waals surface area contributed by atoms with Crippen molar-refractivity contribution in [2.75, 3.05) is 0 Å². The smallest absolute Gasteiger partial charge is 0.331 e. The van der Waals surface area contributed by atoms with Crippen LogP contribution in [-0.4, -0.2) is 29.9 Å². The first kappa shape index (κ1) is 22.9. The maximum atomic E-state index is 13.5. The predicted molar refractivity (Wildman–Crippen MR) is 131 cm³/mol. The van der Waals surface area contributed by atoms with Crippen LogP contribution in [0.3, 0.4) is 0 Å². The summed E-state index contributed by atoms with van der Waals surface area (Å²) < 4.78 is 11.7. The van der Waals surface area contributed by atoms with Gasteiger partial charge in [0.15, 0.2) is 6.04 Å². The molecule has 1 saturated heterocycles. The lowest BCUT2D eigenvalue weighted by Gasteiger charge is -2.34. The summed E-state index contributed by atoms with van der Waals surface area (Å²) in [5.41, 5.74) is 3.74. The minimum absolute atomic E-state index is 0.0504. The van der Waals surface area contributed by atoms with Crippen LogP contribution in [0, 0.1) is 5.92 Å². The average molecular weight is 442 g/mol. The SMILES string of the molecule is C[C@@H]1CC([C@H](N=C(c2ccccc2)c2ccccc2)C(=O)OCc2ccccc2)C[C@@H](C)O1. The minimum atomic E-state index is -0.599. The van der Waals surface area contributed by atoms with E-state index in [1.54, 1.807) is 0 Å². The normalized spacial score (nSPS) is 21.1. The zero-order valence-corrected chi connectivity index (χ0v) is 19.3. The van der Waals surface area contributed by atoms with Gasteiger partial charge in [-0.25, -0.2) is 4.79 Å². The van der Waals surface area contributed by atoms with Gasteiger partial charge in [0.2, 0.25) is 0 Å². The molecule has 3 aromatic rings. The first-order valence-corrected chi connectivity index (χ1v) is 11.6. The number of hydrogen-bond donors (Lipinski definition) is 0. The number of rotatable bonds is 7. The fourth-order valence-corrected chi connectivity index (χ4v) is 4.53. The third-order valence-electron chi connectivity index (χ3n) is 6.01. The lowest BCUT2D eigenvalue weighted by Crippen LogP contribution is -2.39. The van der Waals surface area contributed by atoms with Crippen LogP contribution in [0.2, 0.25) is 0 Å². The van der Waals surface area contributed by atoms with E-state index in [0.29, 0.717) is 0 Å². The summed E-state index contributed by atoms with van der Waals surface area (Å²) >= 11 is 0. The first-order valence-electron chi connectivity index (χ1n) is 11.6. The van der Waals surface area contributed by atoms with Crippen molar-refractivity contribution >= 4 is 11.7 Å². The number of nitrogens with zero attached hydrogens (tertiary/aromatic N) is 1. The van der Waals surface area contributed by atoms with Crippen molar-refractivity contribution < 1.29 is 14.3 Å². The second-order valence-corrected chi connectivity index (χ2v) is 8.74. The van der Waals surface area contributed by atoms with Crippen LogP contribution in [0.5, 0.6) is 0 Å². The van der Waals surface area contributed by atoms with E-state index in [9.17, 15) is 4.79 Å². The molecule has 0 spiro atoms. The molecule has 1 aliphatic heterocycles. The standard InChI is InChI=1S/C29H31NO3/c1-21-18-26(19-22(2)33-21)28(29(31)32-20-23-12-6-3-7-13-23)30-27(24-14-8-4-9-15-24)25-16-10-5-11-17-25/h3-17,21-22,26,28H,18-20H2,1-2H3/t21-,22-,28+/m1/s1. The van der Waals surface area contributed by atoms with Crippen LogP contribution in [0.15, 0.2) is 96.0 Å². The second kappa shape index (κ2) is 11.1. The first-order chi connectivity index (χ1) is 16.1. The van der Waals surface area contributed by atoms with Crippen molar-refractivity contribution in [3.8, 4) is 0 Å². The van der Waals surface area contributed by atoms with Crippen molar-refractivity contribution in [1.29, 1.82) is 0 Å². The Morgan fingerprint density at radius 2 is 1.33 bits per heavy atom. The van der Waals surface area contributed by atoms with E-state index in [4.69, 9.17) is 14.5 Å². The van der Waals surface area contributed by atoms with Crippen LogP contribution in [-0.2, 0) is 20.9 Å². The number of hydrogen-bond acceptors (Lipinski definition) is 4. The third-order valence-corrected chi connectivity index (χ3v) is 6.01. The summed E-state index contributed by atoms with van der Waals surface area (Å²) in [6, 6.07) is 29.3. The van der Waals surface area contributed by atoms with E-state index in [1.165, 1.54) is 0 Å². The number of ether oxygens (including phenoxy) is 2. The summed E-state index contributed by atoms with van der Waals surface area (Å²) in [5.74, 6) is -0.232. The summed E-state index contributed by atoms with van der Waals surface area (Å²) in [6.07, 6.45) is 1.71. The molecule has 0 amide bonds. The molecular weight excluding hydrogens is 410 g/mol. The minimum Gasteiger partial charge on any atom is -0.459 e. The van der Waals surface area contributed by atoms with Gasteiger partial charge in [-0.05, 0) is 38.2 Å². The molecule has 4 nitrogen and oxygen atoms in total. The van der Waals surface area contributed by atoms with E-state index in [2.05, 4.69) is 13.8 Å². The number of carbonyl (C=O) groups excluding carboxylic acids is 1. The Hall–Kier alpha value is -3.24. The maximum Gasteiger partial charge on any atom is 0.331 e. The Morgan fingerprint density at radius 3 is 1.85 bits per heavy atom. The highest BCUT2D eigenvalue weighted by Crippen LogP contribution is 2.30. The second-order valence-electron chi connectivity index (χ2n) is 8.74. The molecule has 1 heterocycles. The molecule has 4 heteroatoms. The highest BCUT2D eigenvalue weighted by molar-refractivity contribution is 6.13. The highest BCUT2D eigenvalue weighted by Gasteiger charge is 2.36. The molecular formula is C29H31NO3. The molecule has 3 aromatic carbocycles. The summed E-state index contributed by atoms with van der Waals surface area (Å²) in [6.45, 7) is 4.37. The van der Waals surface area contributed by atoms with Gasteiger partial charge in [0.05, 0.1) is 17.9 Å². The van der Waals surface area contributed by atoms with Crippen molar-refractivity contribution in [2.45, 2.75) is 51.5 Å². The fraction of sp³-hybridized carbons (Fsp3) is 0.310. The molecule has 1 aliphatic rings. The van der Waals surface area contributed by atoms with Gasteiger partial charge in [0, 0.05) is 11.1 Å². The number of benzene rings is 3. The Labute approximate surface area is 196 Å². The summed E-state index contributed by atoms with van der Waals surface area (Å²) in [5, 5.41) is 0. The van der Waals surface area contributed by atoms with Crippen LogP contribution in [0.1, 0.15) is 43.4 Å². The molecule has 1 fully saturated rings. The quantitative estimate of drug-likeness (QED) is 0.342.